The Bertz CT molecular complexity index is 343. The summed E-state index contributed by atoms with van der Waals surface area (Å²) in [5.74, 6) is 0.290. The molecule has 1 unspecified atom stereocenters. The minimum atomic E-state index is -0.156. The highest BCUT2D eigenvalue weighted by Gasteiger charge is 2.11. The number of carbonyl (C=O) groups excluding carboxylic acids is 2. The molecule has 0 N–H and O–H groups in total. The first-order valence-electron chi connectivity index (χ1n) is 10.4. The van der Waals surface area contributed by atoms with Crippen LogP contribution in [0.1, 0.15) is 90.9 Å². The second kappa shape index (κ2) is 18.7. The second-order valence-electron chi connectivity index (χ2n) is 6.87. The maximum atomic E-state index is 11.8. The highest BCUT2D eigenvalue weighted by molar-refractivity contribution is 5.69. The van der Waals surface area contributed by atoms with Gasteiger partial charge in [0.05, 0.1) is 13.2 Å². The van der Waals surface area contributed by atoms with Gasteiger partial charge in [0.1, 0.15) is 0 Å². The molecule has 0 saturated heterocycles. The molecule has 0 aliphatic rings. The van der Waals surface area contributed by atoms with Gasteiger partial charge < -0.3 is 14.2 Å². The van der Waals surface area contributed by atoms with Crippen molar-refractivity contribution < 1.29 is 23.8 Å². The molecule has 0 spiro atoms. The van der Waals surface area contributed by atoms with Gasteiger partial charge in [-0.2, -0.15) is 0 Å². The molecule has 0 bridgehead atoms. The minimum absolute atomic E-state index is 0.127. The van der Waals surface area contributed by atoms with Crippen molar-refractivity contribution in [2.24, 2.45) is 5.92 Å². The zero-order valence-corrected chi connectivity index (χ0v) is 17.2. The van der Waals surface area contributed by atoms with Crippen LogP contribution in [0, 0.1) is 5.92 Å². The molecule has 0 amide bonds. The standard InChI is InChI=1S/C21H40O5/c1-4-6-7-9-12-19(15-17-24-3)16-18-26-21(23)14-11-8-10-13-20(22)25-5-2/h19H,4-18H2,1-3H3. The van der Waals surface area contributed by atoms with Crippen molar-refractivity contribution in [2.45, 2.75) is 90.9 Å². The molecule has 0 aromatic carbocycles. The Morgan fingerprint density at radius 1 is 0.731 bits per heavy atom. The first-order chi connectivity index (χ1) is 12.6. The number of rotatable bonds is 18. The molecule has 0 rings (SSSR count). The van der Waals surface area contributed by atoms with Gasteiger partial charge >= 0.3 is 11.9 Å². The summed E-state index contributed by atoms with van der Waals surface area (Å²) in [7, 11) is 1.73. The molecule has 0 aliphatic carbocycles. The van der Waals surface area contributed by atoms with Gasteiger partial charge in [0.2, 0.25) is 0 Å². The van der Waals surface area contributed by atoms with Crippen LogP contribution in [0.15, 0.2) is 0 Å². The van der Waals surface area contributed by atoms with Crippen LogP contribution in [0.2, 0.25) is 0 Å². The fourth-order valence-electron chi connectivity index (χ4n) is 2.94. The van der Waals surface area contributed by atoms with Gasteiger partial charge in [-0.25, -0.2) is 0 Å². The Kier molecular flexibility index (Phi) is 17.9. The molecule has 0 heterocycles. The largest absolute Gasteiger partial charge is 0.466 e. The first-order valence-corrected chi connectivity index (χ1v) is 10.4. The maximum Gasteiger partial charge on any atom is 0.305 e. The molecular formula is C21H40O5. The number of ether oxygens (including phenoxy) is 3. The molecule has 0 radical (unpaired) electrons. The zero-order chi connectivity index (χ0) is 19.5. The van der Waals surface area contributed by atoms with Crippen molar-refractivity contribution in [3.8, 4) is 0 Å². The van der Waals surface area contributed by atoms with E-state index in [-0.39, 0.29) is 11.9 Å². The molecule has 1 atom stereocenters. The van der Waals surface area contributed by atoms with E-state index in [4.69, 9.17) is 14.2 Å². The lowest BCUT2D eigenvalue weighted by atomic mass is 9.95. The van der Waals surface area contributed by atoms with Crippen molar-refractivity contribution in [1.29, 1.82) is 0 Å². The Morgan fingerprint density at radius 3 is 1.96 bits per heavy atom. The highest BCUT2D eigenvalue weighted by Crippen LogP contribution is 2.18. The fraction of sp³-hybridized carbons (Fsp3) is 0.905. The summed E-state index contributed by atoms with van der Waals surface area (Å²) in [6, 6.07) is 0. The van der Waals surface area contributed by atoms with E-state index in [1.54, 1.807) is 14.0 Å². The summed E-state index contributed by atoms with van der Waals surface area (Å²) in [4.78, 5) is 23.0. The average Bonchev–Trinajstić information content (AvgIpc) is 2.62. The summed E-state index contributed by atoms with van der Waals surface area (Å²) >= 11 is 0. The van der Waals surface area contributed by atoms with Gasteiger partial charge in [-0.1, -0.05) is 45.4 Å². The van der Waals surface area contributed by atoms with Crippen LogP contribution < -0.4 is 0 Å². The van der Waals surface area contributed by atoms with E-state index in [2.05, 4.69) is 6.92 Å². The summed E-state index contributed by atoms with van der Waals surface area (Å²) in [6.45, 7) is 5.73. The molecule has 0 aliphatic heterocycles. The normalized spacial score (nSPS) is 12.0. The van der Waals surface area contributed by atoms with Crippen LogP contribution >= 0.6 is 0 Å². The molecule has 5 heteroatoms. The summed E-state index contributed by atoms with van der Waals surface area (Å²) in [6.07, 6.45) is 11.5. The van der Waals surface area contributed by atoms with Crippen molar-refractivity contribution in [1.82, 2.24) is 0 Å². The maximum absolute atomic E-state index is 11.8. The quantitative estimate of drug-likeness (QED) is 0.249. The molecule has 0 aromatic heterocycles. The predicted octanol–water partition coefficient (Wildman–Crippen LogP) is 5.06. The van der Waals surface area contributed by atoms with Crippen molar-refractivity contribution >= 4 is 11.9 Å². The van der Waals surface area contributed by atoms with E-state index in [1.165, 1.54) is 32.1 Å². The Hall–Kier alpha value is -1.10. The van der Waals surface area contributed by atoms with Crippen LogP contribution in [0.4, 0.5) is 0 Å². The van der Waals surface area contributed by atoms with Crippen molar-refractivity contribution in [3.05, 3.63) is 0 Å². The Labute approximate surface area is 160 Å². The Balaban J connectivity index is 3.73. The van der Waals surface area contributed by atoms with Crippen LogP contribution in [-0.2, 0) is 23.8 Å². The molecule has 0 fully saturated rings. The van der Waals surface area contributed by atoms with E-state index in [1.807, 2.05) is 0 Å². The lowest BCUT2D eigenvalue weighted by Crippen LogP contribution is -2.12. The van der Waals surface area contributed by atoms with Gasteiger partial charge in [0.15, 0.2) is 0 Å². The topological polar surface area (TPSA) is 61.8 Å². The third-order valence-electron chi connectivity index (χ3n) is 4.55. The molecule has 0 saturated carbocycles. The van der Waals surface area contributed by atoms with Crippen molar-refractivity contribution in [2.75, 3.05) is 26.9 Å². The molecule has 26 heavy (non-hydrogen) atoms. The number of methoxy groups -OCH3 is 1. The molecular weight excluding hydrogens is 332 g/mol. The van der Waals surface area contributed by atoms with Crippen LogP contribution in [0.5, 0.6) is 0 Å². The first kappa shape index (κ1) is 24.9. The average molecular weight is 373 g/mol. The number of hydrogen-bond acceptors (Lipinski definition) is 5. The molecule has 154 valence electrons. The molecule has 0 aromatic rings. The number of unbranched alkanes of at least 4 members (excludes halogenated alkanes) is 5. The van der Waals surface area contributed by atoms with Crippen molar-refractivity contribution in [3.63, 3.8) is 0 Å². The van der Waals surface area contributed by atoms with Crippen LogP contribution in [0.3, 0.4) is 0 Å². The zero-order valence-electron chi connectivity index (χ0n) is 17.2. The summed E-state index contributed by atoms with van der Waals surface area (Å²) in [5.41, 5.74) is 0. The summed E-state index contributed by atoms with van der Waals surface area (Å²) < 4.78 is 15.4. The van der Waals surface area contributed by atoms with Gasteiger partial charge in [-0.3, -0.25) is 9.59 Å². The highest BCUT2D eigenvalue weighted by atomic mass is 16.5. The van der Waals surface area contributed by atoms with Crippen LogP contribution in [0.25, 0.3) is 0 Å². The number of hydrogen-bond donors (Lipinski definition) is 0. The monoisotopic (exact) mass is 372 g/mol. The SMILES string of the molecule is CCCCCCC(CCOC)CCOC(=O)CCCCCC(=O)OCC. The van der Waals surface area contributed by atoms with Gasteiger partial charge in [0, 0.05) is 26.6 Å². The van der Waals surface area contributed by atoms with E-state index in [9.17, 15) is 9.59 Å². The predicted molar refractivity (Wildman–Crippen MR) is 104 cm³/mol. The third-order valence-corrected chi connectivity index (χ3v) is 4.55. The number of carbonyl (C=O) groups is 2. The smallest absolute Gasteiger partial charge is 0.305 e. The van der Waals surface area contributed by atoms with E-state index >= 15 is 0 Å². The summed E-state index contributed by atoms with van der Waals surface area (Å²) in [5, 5.41) is 0. The lowest BCUT2D eigenvalue weighted by molar-refractivity contribution is -0.144. The van der Waals surface area contributed by atoms with Gasteiger partial charge in [0.25, 0.3) is 0 Å². The van der Waals surface area contributed by atoms with E-state index in [0.717, 1.165) is 38.7 Å². The number of esters is 2. The Morgan fingerprint density at radius 2 is 1.35 bits per heavy atom. The van der Waals surface area contributed by atoms with Crippen LogP contribution in [-0.4, -0.2) is 38.9 Å². The lowest BCUT2D eigenvalue weighted by Gasteiger charge is -2.16. The van der Waals surface area contributed by atoms with Gasteiger partial charge in [-0.05, 0) is 38.5 Å². The van der Waals surface area contributed by atoms with E-state index < -0.39 is 0 Å². The third kappa shape index (κ3) is 16.4. The fourth-order valence-corrected chi connectivity index (χ4v) is 2.94. The minimum Gasteiger partial charge on any atom is -0.466 e. The second-order valence-corrected chi connectivity index (χ2v) is 6.87. The van der Waals surface area contributed by atoms with E-state index in [0.29, 0.717) is 32.0 Å². The van der Waals surface area contributed by atoms with Gasteiger partial charge in [-0.15, -0.1) is 0 Å². The molecule has 5 nitrogen and oxygen atoms in total.